The Bertz CT molecular complexity index is 1110. The summed E-state index contributed by atoms with van der Waals surface area (Å²) in [6.07, 6.45) is 0. The Labute approximate surface area is 168 Å². The molecule has 0 spiro atoms. The normalized spacial score (nSPS) is 10.5. The van der Waals surface area contributed by atoms with Gasteiger partial charge in [0, 0.05) is 16.7 Å². The second kappa shape index (κ2) is 8.39. The van der Waals surface area contributed by atoms with Crippen molar-refractivity contribution < 1.29 is 13.9 Å². The smallest absolute Gasteiger partial charge is 0.251 e. The molecule has 6 heteroatoms. The van der Waals surface area contributed by atoms with Crippen LogP contribution in [0.5, 0.6) is 5.75 Å². The van der Waals surface area contributed by atoms with Crippen LogP contribution in [0.25, 0.3) is 22.6 Å². The predicted molar refractivity (Wildman–Crippen MR) is 109 cm³/mol. The Morgan fingerprint density at radius 1 is 0.931 bits per heavy atom. The van der Waals surface area contributed by atoms with Crippen LogP contribution in [0.2, 0.25) is 0 Å². The molecule has 6 nitrogen and oxygen atoms in total. The van der Waals surface area contributed by atoms with Crippen LogP contribution < -0.4 is 10.1 Å². The second-order valence-electron chi connectivity index (χ2n) is 6.33. The molecule has 0 saturated heterocycles. The number of nitrogens with one attached hydrogen (secondary N) is 1. The van der Waals surface area contributed by atoms with Gasteiger partial charge in [-0.2, -0.15) is 0 Å². The van der Waals surface area contributed by atoms with Gasteiger partial charge in [0.25, 0.3) is 5.91 Å². The maximum atomic E-state index is 12.6. The van der Waals surface area contributed by atoms with Gasteiger partial charge in [0.1, 0.15) is 5.75 Å². The van der Waals surface area contributed by atoms with E-state index in [-0.39, 0.29) is 12.5 Å². The third-order valence-corrected chi connectivity index (χ3v) is 4.43. The molecule has 4 aromatic rings. The molecule has 3 aromatic carbocycles. The number of ether oxygens (including phenoxy) is 1. The molecule has 29 heavy (non-hydrogen) atoms. The maximum Gasteiger partial charge on any atom is 0.251 e. The summed E-state index contributed by atoms with van der Waals surface area (Å²) in [6.45, 7) is 0.144. The van der Waals surface area contributed by atoms with Crippen LogP contribution in [-0.4, -0.2) is 23.2 Å². The first-order valence-corrected chi connectivity index (χ1v) is 9.14. The molecular weight excluding hydrogens is 366 g/mol. The van der Waals surface area contributed by atoms with Gasteiger partial charge in [-0.15, -0.1) is 10.2 Å². The molecule has 0 radical (unpaired) electrons. The Balaban J connectivity index is 1.49. The highest BCUT2D eigenvalue weighted by molar-refractivity contribution is 5.96. The minimum atomic E-state index is -0.232. The third-order valence-electron chi connectivity index (χ3n) is 4.43. The minimum absolute atomic E-state index is 0.144. The summed E-state index contributed by atoms with van der Waals surface area (Å²) >= 11 is 0. The highest BCUT2D eigenvalue weighted by atomic mass is 16.5. The van der Waals surface area contributed by atoms with E-state index in [1.54, 1.807) is 19.2 Å². The average Bonchev–Trinajstić information content (AvgIpc) is 3.27. The molecule has 144 valence electrons. The van der Waals surface area contributed by atoms with E-state index in [0.29, 0.717) is 23.1 Å². The molecule has 0 aliphatic rings. The van der Waals surface area contributed by atoms with E-state index >= 15 is 0 Å². The van der Waals surface area contributed by atoms with Crippen molar-refractivity contribution in [1.82, 2.24) is 15.5 Å². The number of nitrogens with zero attached hydrogens (tertiary/aromatic N) is 2. The quantitative estimate of drug-likeness (QED) is 0.534. The lowest BCUT2D eigenvalue weighted by Gasteiger charge is -2.11. The average molecular weight is 385 g/mol. The number of benzene rings is 3. The molecule has 1 aromatic heterocycles. The van der Waals surface area contributed by atoms with Crippen molar-refractivity contribution >= 4 is 5.91 Å². The monoisotopic (exact) mass is 385 g/mol. The summed E-state index contributed by atoms with van der Waals surface area (Å²) in [4.78, 5) is 12.6. The number of hydrogen-bond donors (Lipinski definition) is 1. The number of aromatic nitrogens is 2. The van der Waals surface area contributed by atoms with Crippen LogP contribution >= 0.6 is 0 Å². The molecule has 4 rings (SSSR count). The van der Waals surface area contributed by atoms with Gasteiger partial charge >= 0.3 is 0 Å². The molecule has 0 bridgehead atoms. The Morgan fingerprint density at radius 2 is 1.62 bits per heavy atom. The Morgan fingerprint density at radius 3 is 2.31 bits per heavy atom. The summed E-state index contributed by atoms with van der Waals surface area (Å²) in [5.74, 6) is 1.24. The lowest BCUT2D eigenvalue weighted by molar-refractivity contribution is 0.0947. The minimum Gasteiger partial charge on any atom is -0.496 e. The number of rotatable bonds is 6. The molecule has 1 heterocycles. The molecule has 0 unspecified atom stereocenters. The number of carbonyl (C=O) groups is 1. The van der Waals surface area contributed by atoms with Crippen LogP contribution in [0.3, 0.4) is 0 Å². The topological polar surface area (TPSA) is 77.2 Å². The summed E-state index contributed by atoms with van der Waals surface area (Å²) < 4.78 is 11.1. The van der Waals surface area contributed by atoms with Gasteiger partial charge in [-0.1, -0.05) is 48.5 Å². The summed E-state index contributed by atoms with van der Waals surface area (Å²) in [5, 5.41) is 10.8. The van der Waals surface area contributed by atoms with Gasteiger partial charge in [0.05, 0.1) is 13.7 Å². The summed E-state index contributed by atoms with van der Waals surface area (Å²) in [7, 11) is 1.61. The van der Waals surface area contributed by atoms with E-state index in [2.05, 4.69) is 15.5 Å². The summed E-state index contributed by atoms with van der Waals surface area (Å²) in [6, 6.07) is 24.6. The zero-order chi connectivity index (χ0) is 20.1. The standard InChI is InChI=1S/C23H19N3O3/c1-28-20-13-12-18(14-19(20)16-8-4-2-5-9-16)22(27)24-15-21-25-26-23(29-21)17-10-6-3-7-11-17/h2-14H,15H2,1H3,(H,24,27). The number of amides is 1. The maximum absolute atomic E-state index is 12.6. The molecule has 1 amide bonds. The first-order chi connectivity index (χ1) is 14.2. The largest absolute Gasteiger partial charge is 0.496 e. The van der Waals surface area contributed by atoms with Crippen molar-refractivity contribution in [3.8, 4) is 28.3 Å². The van der Waals surface area contributed by atoms with Crippen molar-refractivity contribution in [2.24, 2.45) is 0 Å². The molecule has 0 saturated carbocycles. The first-order valence-electron chi connectivity index (χ1n) is 9.14. The van der Waals surface area contributed by atoms with Crippen LogP contribution in [-0.2, 0) is 6.54 Å². The fraction of sp³-hybridized carbons (Fsp3) is 0.0870. The molecule has 1 N–H and O–H groups in total. The SMILES string of the molecule is COc1ccc(C(=O)NCc2nnc(-c3ccccc3)o2)cc1-c1ccccc1. The van der Waals surface area contributed by atoms with Gasteiger partial charge in [0.2, 0.25) is 11.8 Å². The molecular formula is C23H19N3O3. The highest BCUT2D eigenvalue weighted by Crippen LogP contribution is 2.30. The van der Waals surface area contributed by atoms with Crippen molar-refractivity contribution in [3.05, 3.63) is 90.3 Å². The second-order valence-corrected chi connectivity index (χ2v) is 6.33. The molecule has 0 aliphatic carbocycles. The van der Waals surface area contributed by atoms with Crippen LogP contribution in [0.15, 0.2) is 83.3 Å². The van der Waals surface area contributed by atoms with E-state index in [4.69, 9.17) is 9.15 Å². The lowest BCUT2D eigenvalue weighted by atomic mass is 10.0. The van der Waals surface area contributed by atoms with E-state index < -0.39 is 0 Å². The fourth-order valence-electron chi connectivity index (χ4n) is 2.97. The van der Waals surface area contributed by atoms with Gasteiger partial charge in [-0.05, 0) is 35.9 Å². The fourth-order valence-corrected chi connectivity index (χ4v) is 2.97. The molecule has 0 aliphatic heterocycles. The Kier molecular flexibility index (Phi) is 5.33. The first kappa shape index (κ1) is 18.4. The van der Waals surface area contributed by atoms with Gasteiger partial charge in [0.15, 0.2) is 0 Å². The Hall–Kier alpha value is -3.93. The number of hydrogen-bond acceptors (Lipinski definition) is 5. The van der Waals surface area contributed by atoms with E-state index in [1.807, 2.05) is 66.7 Å². The molecule has 0 atom stereocenters. The van der Waals surface area contributed by atoms with Crippen molar-refractivity contribution in [1.29, 1.82) is 0 Å². The number of carbonyl (C=O) groups excluding carboxylic acids is 1. The van der Waals surface area contributed by atoms with Crippen LogP contribution in [0, 0.1) is 0 Å². The van der Waals surface area contributed by atoms with Crippen molar-refractivity contribution in [2.75, 3.05) is 7.11 Å². The van der Waals surface area contributed by atoms with Crippen molar-refractivity contribution in [2.45, 2.75) is 6.54 Å². The number of methoxy groups -OCH3 is 1. The summed E-state index contributed by atoms with van der Waals surface area (Å²) in [5.41, 5.74) is 3.18. The highest BCUT2D eigenvalue weighted by Gasteiger charge is 2.13. The van der Waals surface area contributed by atoms with Crippen LogP contribution in [0.4, 0.5) is 0 Å². The van der Waals surface area contributed by atoms with E-state index in [0.717, 1.165) is 16.7 Å². The van der Waals surface area contributed by atoms with Crippen LogP contribution in [0.1, 0.15) is 16.2 Å². The van der Waals surface area contributed by atoms with Crippen molar-refractivity contribution in [3.63, 3.8) is 0 Å². The zero-order valence-electron chi connectivity index (χ0n) is 15.8. The van der Waals surface area contributed by atoms with Gasteiger partial charge in [-0.3, -0.25) is 4.79 Å². The van der Waals surface area contributed by atoms with E-state index in [9.17, 15) is 4.79 Å². The van der Waals surface area contributed by atoms with E-state index in [1.165, 1.54) is 0 Å². The lowest BCUT2D eigenvalue weighted by Crippen LogP contribution is -2.23. The predicted octanol–water partition coefficient (Wildman–Crippen LogP) is 4.34. The zero-order valence-corrected chi connectivity index (χ0v) is 15.8. The van der Waals surface area contributed by atoms with Gasteiger partial charge < -0.3 is 14.5 Å². The molecule has 0 fully saturated rings. The van der Waals surface area contributed by atoms with Gasteiger partial charge in [-0.25, -0.2) is 0 Å². The third kappa shape index (κ3) is 4.16.